The molecule has 0 radical (unpaired) electrons. The van der Waals surface area contributed by atoms with Crippen LogP contribution in [0.2, 0.25) is 0 Å². The molecule has 24 heavy (non-hydrogen) atoms. The molecule has 1 saturated heterocycles. The summed E-state index contributed by atoms with van der Waals surface area (Å²) in [5.74, 6) is 1.42. The SMILES string of the molecule is Cc1ccc(-c2nnc([C@H]3CCCN(C(=O)c4ccsc4)C3)o2)s1. The normalized spacial score (nSPS) is 18.0. The van der Waals surface area contributed by atoms with E-state index in [2.05, 4.69) is 17.1 Å². The van der Waals surface area contributed by atoms with Gasteiger partial charge in [0.25, 0.3) is 11.8 Å². The van der Waals surface area contributed by atoms with E-state index in [1.807, 2.05) is 33.9 Å². The van der Waals surface area contributed by atoms with Gasteiger partial charge in [-0.1, -0.05) is 0 Å². The summed E-state index contributed by atoms with van der Waals surface area (Å²) in [4.78, 5) is 16.6. The quantitative estimate of drug-likeness (QED) is 0.704. The highest BCUT2D eigenvalue weighted by molar-refractivity contribution is 7.15. The molecular formula is C17H17N3O2S2. The number of aryl methyl sites for hydroxylation is 1. The maximum Gasteiger partial charge on any atom is 0.257 e. The Morgan fingerprint density at radius 3 is 3.00 bits per heavy atom. The molecule has 5 nitrogen and oxygen atoms in total. The zero-order valence-corrected chi connectivity index (χ0v) is 14.9. The van der Waals surface area contributed by atoms with E-state index in [1.165, 1.54) is 4.88 Å². The molecule has 4 heterocycles. The number of thiophene rings is 2. The standard InChI is InChI=1S/C17H17N3O2S2/c1-11-4-5-14(24-11)16-19-18-15(22-16)12-3-2-7-20(9-12)17(21)13-6-8-23-10-13/h4-6,8,10,12H,2-3,7,9H2,1H3/t12-/m0/s1. The van der Waals surface area contributed by atoms with Crippen LogP contribution in [-0.2, 0) is 0 Å². The zero-order chi connectivity index (χ0) is 16.5. The van der Waals surface area contributed by atoms with Gasteiger partial charge >= 0.3 is 0 Å². The Bertz CT molecular complexity index is 838. The lowest BCUT2D eigenvalue weighted by Crippen LogP contribution is -2.39. The molecule has 1 amide bonds. The first-order valence-corrected chi connectivity index (χ1v) is 9.68. The number of carbonyl (C=O) groups is 1. The number of rotatable bonds is 3. The summed E-state index contributed by atoms with van der Waals surface area (Å²) in [6.45, 7) is 3.48. The summed E-state index contributed by atoms with van der Waals surface area (Å²) in [7, 11) is 0. The molecule has 7 heteroatoms. The molecule has 0 aliphatic carbocycles. The van der Waals surface area contributed by atoms with Crippen LogP contribution in [0.1, 0.15) is 39.9 Å². The summed E-state index contributed by atoms with van der Waals surface area (Å²) in [6.07, 6.45) is 1.93. The fraction of sp³-hybridized carbons (Fsp3) is 0.353. The highest BCUT2D eigenvalue weighted by Gasteiger charge is 2.29. The van der Waals surface area contributed by atoms with Crippen molar-refractivity contribution in [1.82, 2.24) is 15.1 Å². The van der Waals surface area contributed by atoms with E-state index in [0.29, 0.717) is 18.3 Å². The second-order valence-electron chi connectivity index (χ2n) is 5.96. The van der Waals surface area contributed by atoms with Crippen LogP contribution in [0, 0.1) is 6.92 Å². The van der Waals surface area contributed by atoms with Crippen LogP contribution < -0.4 is 0 Å². The summed E-state index contributed by atoms with van der Waals surface area (Å²) in [6, 6.07) is 5.93. The topological polar surface area (TPSA) is 59.2 Å². The second kappa shape index (κ2) is 6.49. The lowest BCUT2D eigenvalue weighted by molar-refractivity contribution is 0.0699. The molecule has 3 aromatic rings. The molecule has 0 spiro atoms. The van der Waals surface area contributed by atoms with Crippen molar-refractivity contribution >= 4 is 28.6 Å². The van der Waals surface area contributed by atoms with E-state index in [-0.39, 0.29) is 11.8 Å². The molecule has 1 atom stereocenters. The highest BCUT2D eigenvalue weighted by Crippen LogP contribution is 2.31. The van der Waals surface area contributed by atoms with Crippen molar-refractivity contribution in [3.05, 3.63) is 45.3 Å². The predicted octanol–water partition coefficient (Wildman–Crippen LogP) is 4.19. The van der Waals surface area contributed by atoms with Crippen LogP contribution in [0.4, 0.5) is 0 Å². The average molecular weight is 359 g/mol. The number of nitrogens with zero attached hydrogens (tertiary/aromatic N) is 3. The van der Waals surface area contributed by atoms with Gasteiger partial charge in [-0.05, 0) is 43.3 Å². The average Bonchev–Trinajstić information content (AvgIpc) is 3.35. The Balaban J connectivity index is 1.50. The van der Waals surface area contributed by atoms with Crippen LogP contribution in [0.3, 0.4) is 0 Å². The van der Waals surface area contributed by atoms with Crippen LogP contribution in [0.25, 0.3) is 10.8 Å². The number of amides is 1. The molecule has 1 fully saturated rings. The molecule has 0 saturated carbocycles. The van der Waals surface area contributed by atoms with Crippen molar-refractivity contribution in [1.29, 1.82) is 0 Å². The van der Waals surface area contributed by atoms with Crippen molar-refractivity contribution < 1.29 is 9.21 Å². The third kappa shape index (κ3) is 3.01. The summed E-state index contributed by atoms with van der Waals surface area (Å²) >= 11 is 3.19. The van der Waals surface area contributed by atoms with Crippen LogP contribution in [0.5, 0.6) is 0 Å². The summed E-state index contributed by atoms with van der Waals surface area (Å²) in [5.41, 5.74) is 0.765. The molecule has 0 N–H and O–H groups in total. The van der Waals surface area contributed by atoms with E-state index < -0.39 is 0 Å². The van der Waals surface area contributed by atoms with Gasteiger partial charge in [-0.15, -0.1) is 21.5 Å². The smallest absolute Gasteiger partial charge is 0.257 e. The molecule has 124 valence electrons. The third-order valence-corrected chi connectivity index (χ3v) is 5.89. The summed E-state index contributed by atoms with van der Waals surface area (Å²) in [5, 5.41) is 12.3. The molecular weight excluding hydrogens is 342 g/mol. The van der Waals surface area contributed by atoms with Gasteiger partial charge in [-0.3, -0.25) is 4.79 Å². The van der Waals surface area contributed by atoms with E-state index in [0.717, 1.165) is 29.8 Å². The number of likely N-dealkylation sites (tertiary alicyclic amines) is 1. The minimum atomic E-state index is 0.0922. The van der Waals surface area contributed by atoms with Gasteiger partial charge in [-0.2, -0.15) is 11.3 Å². The van der Waals surface area contributed by atoms with E-state index in [1.54, 1.807) is 22.7 Å². The zero-order valence-electron chi connectivity index (χ0n) is 13.3. The van der Waals surface area contributed by atoms with Crippen molar-refractivity contribution in [3.8, 4) is 10.8 Å². The first-order chi connectivity index (χ1) is 11.7. The molecule has 1 aliphatic rings. The number of piperidine rings is 1. The molecule has 4 rings (SSSR count). The maximum absolute atomic E-state index is 12.5. The minimum absolute atomic E-state index is 0.0922. The van der Waals surface area contributed by atoms with Gasteiger partial charge in [0.2, 0.25) is 5.89 Å². The monoisotopic (exact) mass is 359 g/mol. The second-order valence-corrected chi connectivity index (χ2v) is 8.03. The predicted molar refractivity (Wildman–Crippen MR) is 94.5 cm³/mol. The van der Waals surface area contributed by atoms with Gasteiger partial charge in [0.15, 0.2) is 0 Å². The highest BCUT2D eigenvalue weighted by atomic mass is 32.1. The molecule has 0 aromatic carbocycles. The van der Waals surface area contributed by atoms with Gasteiger partial charge < -0.3 is 9.32 Å². The molecule has 0 unspecified atom stereocenters. The van der Waals surface area contributed by atoms with Gasteiger partial charge in [0.1, 0.15) is 0 Å². The van der Waals surface area contributed by atoms with E-state index in [9.17, 15) is 4.79 Å². The van der Waals surface area contributed by atoms with Crippen molar-refractivity contribution in [2.75, 3.05) is 13.1 Å². The van der Waals surface area contributed by atoms with E-state index >= 15 is 0 Å². The lowest BCUT2D eigenvalue weighted by atomic mass is 9.97. The summed E-state index contributed by atoms with van der Waals surface area (Å²) < 4.78 is 5.89. The Kier molecular flexibility index (Phi) is 4.20. The first-order valence-electron chi connectivity index (χ1n) is 7.92. The largest absolute Gasteiger partial charge is 0.420 e. The number of hydrogen-bond acceptors (Lipinski definition) is 6. The fourth-order valence-electron chi connectivity index (χ4n) is 2.98. The van der Waals surface area contributed by atoms with Gasteiger partial charge in [-0.25, -0.2) is 0 Å². The Morgan fingerprint density at radius 2 is 2.25 bits per heavy atom. The van der Waals surface area contributed by atoms with Gasteiger partial charge in [0.05, 0.1) is 16.4 Å². The van der Waals surface area contributed by atoms with Crippen LogP contribution in [-0.4, -0.2) is 34.1 Å². The Hall–Kier alpha value is -1.99. The Labute approximate surface area is 147 Å². The first kappa shape index (κ1) is 15.5. The van der Waals surface area contributed by atoms with Crippen molar-refractivity contribution in [2.24, 2.45) is 0 Å². The number of hydrogen-bond donors (Lipinski definition) is 0. The Morgan fingerprint density at radius 1 is 1.33 bits per heavy atom. The van der Waals surface area contributed by atoms with Crippen LogP contribution in [0.15, 0.2) is 33.4 Å². The van der Waals surface area contributed by atoms with Crippen molar-refractivity contribution in [2.45, 2.75) is 25.7 Å². The minimum Gasteiger partial charge on any atom is -0.420 e. The van der Waals surface area contributed by atoms with E-state index in [4.69, 9.17) is 4.42 Å². The third-order valence-electron chi connectivity index (χ3n) is 4.22. The van der Waals surface area contributed by atoms with Gasteiger partial charge in [0, 0.05) is 23.3 Å². The molecule has 0 bridgehead atoms. The molecule has 3 aromatic heterocycles. The molecule has 1 aliphatic heterocycles. The fourth-order valence-corrected chi connectivity index (χ4v) is 4.40. The lowest BCUT2D eigenvalue weighted by Gasteiger charge is -2.30. The van der Waals surface area contributed by atoms with Crippen LogP contribution >= 0.6 is 22.7 Å². The van der Waals surface area contributed by atoms with Crippen molar-refractivity contribution in [3.63, 3.8) is 0 Å². The number of carbonyl (C=O) groups excluding carboxylic acids is 1. The number of aromatic nitrogens is 2. The maximum atomic E-state index is 12.5.